The lowest BCUT2D eigenvalue weighted by Gasteiger charge is -2.25. The van der Waals surface area contributed by atoms with E-state index in [1.165, 1.54) is 12.8 Å². The van der Waals surface area contributed by atoms with Crippen molar-refractivity contribution in [2.45, 2.75) is 39.2 Å². The molecular formula is C14H23ClN4. The quantitative estimate of drug-likeness (QED) is 0.815. The second-order valence-electron chi connectivity index (χ2n) is 5.49. The van der Waals surface area contributed by atoms with Crippen LogP contribution in [0.4, 0.5) is 5.82 Å². The van der Waals surface area contributed by atoms with E-state index < -0.39 is 0 Å². The van der Waals surface area contributed by atoms with Gasteiger partial charge in [-0.3, -0.25) is 0 Å². The molecule has 0 aromatic carbocycles. The minimum Gasteiger partial charge on any atom is -0.368 e. The summed E-state index contributed by atoms with van der Waals surface area (Å²) in [6.45, 7) is 4.87. The first-order chi connectivity index (χ1) is 9.02. The van der Waals surface area contributed by atoms with Crippen LogP contribution in [0.15, 0.2) is 0 Å². The Kier molecular flexibility index (Phi) is 4.63. The molecule has 1 saturated carbocycles. The lowest BCUT2D eigenvalue weighted by molar-refractivity contribution is 0.276. The highest BCUT2D eigenvalue weighted by molar-refractivity contribution is 6.30. The topological polar surface area (TPSA) is 41.1 Å². The van der Waals surface area contributed by atoms with Gasteiger partial charge in [-0.05, 0) is 46.2 Å². The van der Waals surface area contributed by atoms with Crippen LogP contribution in [-0.2, 0) is 6.42 Å². The van der Waals surface area contributed by atoms with Crippen LogP contribution in [-0.4, -0.2) is 41.5 Å². The van der Waals surface area contributed by atoms with Crippen molar-refractivity contribution in [2.24, 2.45) is 5.92 Å². The van der Waals surface area contributed by atoms with Crippen LogP contribution >= 0.6 is 11.6 Å². The zero-order chi connectivity index (χ0) is 14.0. The van der Waals surface area contributed by atoms with Gasteiger partial charge in [0.05, 0.1) is 0 Å². The Labute approximate surface area is 120 Å². The molecule has 0 radical (unpaired) electrons. The fourth-order valence-corrected chi connectivity index (χ4v) is 2.82. The van der Waals surface area contributed by atoms with Crippen molar-refractivity contribution < 1.29 is 0 Å². The van der Waals surface area contributed by atoms with E-state index in [1.807, 2.05) is 6.92 Å². The van der Waals surface area contributed by atoms with Crippen LogP contribution in [0.1, 0.15) is 31.2 Å². The summed E-state index contributed by atoms with van der Waals surface area (Å²) in [6, 6.07) is 0.568. The molecule has 1 aliphatic carbocycles. The number of likely N-dealkylation sites (N-methyl/N-ethyl adjacent to an activating group) is 1. The van der Waals surface area contributed by atoms with Crippen molar-refractivity contribution in [1.29, 1.82) is 0 Å². The molecule has 0 saturated heterocycles. The number of aryl methyl sites for hydroxylation is 1. The number of hydrogen-bond donors (Lipinski definition) is 1. The first-order valence-corrected chi connectivity index (χ1v) is 7.34. The van der Waals surface area contributed by atoms with E-state index in [2.05, 4.69) is 41.2 Å². The fraction of sp³-hybridized carbons (Fsp3) is 0.714. The molecule has 106 valence electrons. The molecule has 1 aliphatic rings. The molecule has 0 aliphatic heterocycles. The maximum atomic E-state index is 6.19. The van der Waals surface area contributed by atoms with E-state index in [9.17, 15) is 0 Å². The standard InChI is InChI=1S/C14H23ClN4/c1-5-11-13(15)17-9(2)18-14(11)16-8-12(19(3)4)10-6-7-10/h10,12H,5-8H2,1-4H3,(H,16,17,18). The molecule has 4 nitrogen and oxygen atoms in total. The molecular weight excluding hydrogens is 260 g/mol. The highest BCUT2D eigenvalue weighted by atomic mass is 35.5. The Morgan fingerprint density at radius 1 is 1.37 bits per heavy atom. The van der Waals surface area contributed by atoms with E-state index in [-0.39, 0.29) is 0 Å². The zero-order valence-electron chi connectivity index (χ0n) is 12.2. The predicted molar refractivity (Wildman–Crippen MR) is 79.8 cm³/mol. The Bertz CT molecular complexity index is 441. The highest BCUT2D eigenvalue weighted by Crippen LogP contribution is 2.34. The molecule has 0 amide bonds. The van der Waals surface area contributed by atoms with Crippen molar-refractivity contribution in [3.63, 3.8) is 0 Å². The summed E-state index contributed by atoms with van der Waals surface area (Å²) in [5.74, 6) is 2.44. The smallest absolute Gasteiger partial charge is 0.138 e. The molecule has 1 N–H and O–H groups in total. The molecule has 1 aromatic rings. The van der Waals surface area contributed by atoms with E-state index >= 15 is 0 Å². The van der Waals surface area contributed by atoms with E-state index in [4.69, 9.17) is 11.6 Å². The maximum Gasteiger partial charge on any atom is 0.138 e. The zero-order valence-corrected chi connectivity index (χ0v) is 13.0. The molecule has 1 heterocycles. The Balaban J connectivity index is 2.09. The molecule has 1 atom stereocenters. The van der Waals surface area contributed by atoms with Gasteiger partial charge in [0.2, 0.25) is 0 Å². The predicted octanol–water partition coefficient (Wildman–Crippen LogP) is 2.75. The number of anilines is 1. The normalized spacial score (nSPS) is 16.7. The molecule has 2 rings (SSSR count). The molecule has 1 fully saturated rings. The average molecular weight is 283 g/mol. The van der Waals surface area contributed by atoms with Gasteiger partial charge in [0, 0.05) is 18.2 Å². The lowest BCUT2D eigenvalue weighted by atomic mass is 10.1. The van der Waals surface area contributed by atoms with E-state index in [0.717, 1.165) is 36.1 Å². The number of nitrogens with zero attached hydrogens (tertiary/aromatic N) is 3. The molecule has 1 unspecified atom stereocenters. The molecule has 5 heteroatoms. The van der Waals surface area contributed by atoms with Gasteiger partial charge < -0.3 is 10.2 Å². The average Bonchev–Trinajstić information content (AvgIpc) is 3.12. The van der Waals surface area contributed by atoms with Crippen LogP contribution in [0.3, 0.4) is 0 Å². The second kappa shape index (κ2) is 6.06. The molecule has 1 aromatic heterocycles. The van der Waals surface area contributed by atoms with Gasteiger partial charge in [-0.2, -0.15) is 0 Å². The largest absolute Gasteiger partial charge is 0.368 e. The van der Waals surface area contributed by atoms with Crippen molar-refractivity contribution in [1.82, 2.24) is 14.9 Å². The summed E-state index contributed by atoms with van der Waals surface area (Å²) in [5, 5.41) is 4.05. The Hall–Kier alpha value is -0.870. The van der Waals surface area contributed by atoms with Gasteiger partial charge in [0.1, 0.15) is 16.8 Å². The van der Waals surface area contributed by atoms with E-state index in [0.29, 0.717) is 11.2 Å². The van der Waals surface area contributed by atoms with Gasteiger partial charge in [-0.25, -0.2) is 9.97 Å². The molecule has 19 heavy (non-hydrogen) atoms. The van der Waals surface area contributed by atoms with Gasteiger partial charge in [-0.1, -0.05) is 18.5 Å². The van der Waals surface area contributed by atoms with Gasteiger partial charge in [-0.15, -0.1) is 0 Å². The monoisotopic (exact) mass is 282 g/mol. The summed E-state index contributed by atoms with van der Waals surface area (Å²) >= 11 is 6.19. The van der Waals surface area contributed by atoms with Crippen LogP contribution < -0.4 is 5.32 Å². The van der Waals surface area contributed by atoms with E-state index in [1.54, 1.807) is 0 Å². The molecule has 0 spiro atoms. The van der Waals surface area contributed by atoms with Crippen LogP contribution in [0, 0.1) is 12.8 Å². The third kappa shape index (κ3) is 3.57. The summed E-state index contributed by atoms with van der Waals surface area (Å²) in [5.41, 5.74) is 1.01. The number of aromatic nitrogens is 2. The SMILES string of the molecule is CCc1c(Cl)nc(C)nc1NCC(C1CC1)N(C)C. The number of nitrogens with one attached hydrogen (secondary N) is 1. The third-order valence-electron chi connectivity index (χ3n) is 3.73. The van der Waals surface area contributed by atoms with Crippen molar-refractivity contribution >= 4 is 17.4 Å². The van der Waals surface area contributed by atoms with Gasteiger partial charge in [0.15, 0.2) is 0 Å². The minimum absolute atomic E-state index is 0.568. The fourth-order valence-electron chi connectivity index (χ4n) is 2.47. The third-order valence-corrected chi connectivity index (χ3v) is 4.04. The Morgan fingerprint density at radius 2 is 2.05 bits per heavy atom. The van der Waals surface area contributed by atoms with Crippen molar-refractivity contribution in [3.05, 3.63) is 16.5 Å². The first-order valence-electron chi connectivity index (χ1n) is 6.96. The summed E-state index contributed by atoms with van der Waals surface area (Å²) in [4.78, 5) is 11.0. The number of hydrogen-bond acceptors (Lipinski definition) is 4. The second-order valence-corrected chi connectivity index (χ2v) is 5.85. The van der Waals surface area contributed by atoms with Crippen molar-refractivity contribution in [3.8, 4) is 0 Å². The number of halogens is 1. The molecule has 0 bridgehead atoms. The minimum atomic E-state index is 0.568. The Morgan fingerprint density at radius 3 is 2.58 bits per heavy atom. The summed E-state index contributed by atoms with van der Waals surface area (Å²) in [7, 11) is 4.28. The van der Waals surface area contributed by atoms with Crippen LogP contribution in [0.2, 0.25) is 5.15 Å². The number of rotatable bonds is 6. The first kappa shape index (κ1) is 14.5. The van der Waals surface area contributed by atoms with Gasteiger partial charge >= 0.3 is 0 Å². The van der Waals surface area contributed by atoms with Crippen molar-refractivity contribution in [2.75, 3.05) is 26.0 Å². The van der Waals surface area contributed by atoms with Crippen LogP contribution in [0.25, 0.3) is 0 Å². The summed E-state index contributed by atoms with van der Waals surface area (Å²) in [6.07, 6.45) is 3.53. The van der Waals surface area contributed by atoms with Crippen LogP contribution in [0.5, 0.6) is 0 Å². The summed E-state index contributed by atoms with van der Waals surface area (Å²) < 4.78 is 0. The highest BCUT2D eigenvalue weighted by Gasteiger charge is 2.32. The maximum absolute atomic E-state index is 6.19. The van der Waals surface area contributed by atoms with Gasteiger partial charge in [0.25, 0.3) is 0 Å². The lowest BCUT2D eigenvalue weighted by Crippen LogP contribution is -2.36.